The summed E-state index contributed by atoms with van der Waals surface area (Å²) >= 11 is 0. The summed E-state index contributed by atoms with van der Waals surface area (Å²) in [6.07, 6.45) is 3.04. The average molecular weight is 408 g/mol. The maximum Gasteiger partial charge on any atom is 0.264 e. The van der Waals surface area contributed by atoms with Crippen molar-refractivity contribution in [2.45, 2.75) is 43.9 Å². The molecule has 2 aromatic heterocycles. The molecule has 148 valence electrons. The normalized spacial score (nSPS) is 14.9. The molecule has 3 aromatic rings. The number of aromatic nitrogens is 3. The first-order valence-corrected chi connectivity index (χ1v) is 10.3. The van der Waals surface area contributed by atoms with Gasteiger partial charge in [0.05, 0.1) is 11.3 Å². The zero-order valence-corrected chi connectivity index (χ0v) is 16.0. The van der Waals surface area contributed by atoms with Gasteiger partial charge in [0, 0.05) is 23.4 Å². The number of hydrogen-bond acceptors (Lipinski definition) is 5. The lowest BCUT2D eigenvalue weighted by atomic mass is 9.85. The zero-order chi connectivity index (χ0) is 20.1. The first kappa shape index (κ1) is 18.6. The molecule has 2 heterocycles. The van der Waals surface area contributed by atoms with Gasteiger partial charge in [0.1, 0.15) is 4.90 Å². The number of aromatic amines is 1. The molecule has 28 heavy (non-hydrogen) atoms. The van der Waals surface area contributed by atoms with Crippen LogP contribution >= 0.6 is 0 Å². The third-order valence-electron chi connectivity index (χ3n) is 4.87. The summed E-state index contributed by atoms with van der Waals surface area (Å²) in [7, 11) is -4.13. The Bertz CT molecular complexity index is 1150. The lowest BCUT2D eigenvalue weighted by molar-refractivity contribution is 0.338. The predicted molar refractivity (Wildman–Crippen MR) is 97.3 cm³/mol. The standard InChI is InChI=1S/C18H18F2N4O3S/c1-9-15(18-23-22-17(27-18)11-4-3-5-11)16(10(2)21-9)28(25,26)24-12-6-7-13(19)14(20)8-12/h6-8,11,21,24H,3-5H2,1-2H3. The van der Waals surface area contributed by atoms with E-state index < -0.39 is 21.7 Å². The monoisotopic (exact) mass is 408 g/mol. The van der Waals surface area contributed by atoms with Crippen LogP contribution in [0.1, 0.15) is 42.5 Å². The van der Waals surface area contributed by atoms with Crippen molar-refractivity contribution in [1.29, 1.82) is 0 Å². The fraction of sp³-hybridized carbons (Fsp3) is 0.333. The van der Waals surface area contributed by atoms with Gasteiger partial charge in [-0.15, -0.1) is 10.2 Å². The van der Waals surface area contributed by atoms with E-state index in [1.54, 1.807) is 13.8 Å². The highest BCUT2D eigenvalue weighted by Gasteiger charge is 2.31. The molecule has 2 N–H and O–H groups in total. The van der Waals surface area contributed by atoms with Crippen molar-refractivity contribution >= 4 is 15.7 Å². The van der Waals surface area contributed by atoms with Gasteiger partial charge in [0.15, 0.2) is 11.6 Å². The Morgan fingerprint density at radius 3 is 2.54 bits per heavy atom. The van der Waals surface area contributed by atoms with Crippen LogP contribution in [0.25, 0.3) is 11.5 Å². The largest absolute Gasteiger partial charge is 0.420 e. The molecule has 0 spiro atoms. The smallest absolute Gasteiger partial charge is 0.264 e. The number of hydrogen-bond donors (Lipinski definition) is 2. The summed E-state index contributed by atoms with van der Waals surface area (Å²) in [5, 5.41) is 8.09. The van der Waals surface area contributed by atoms with Gasteiger partial charge in [0.2, 0.25) is 5.89 Å². The molecule has 0 aliphatic heterocycles. The number of anilines is 1. The van der Waals surface area contributed by atoms with Gasteiger partial charge in [0.25, 0.3) is 15.9 Å². The minimum atomic E-state index is -4.13. The summed E-state index contributed by atoms with van der Waals surface area (Å²) in [6.45, 7) is 3.30. The van der Waals surface area contributed by atoms with Crippen LogP contribution in [0.2, 0.25) is 0 Å². The highest BCUT2D eigenvalue weighted by atomic mass is 32.2. The molecule has 1 aliphatic carbocycles. The molecule has 0 saturated heterocycles. The molecule has 1 aromatic carbocycles. The van der Waals surface area contributed by atoms with Gasteiger partial charge in [-0.3, -0.25) is 4.72 Å². The summed E-state index contributed by atoms with van der Waals surface area (Å²) < 4.78 is 60.6. The number of nitrogens with zero attached hydrogens (tertiary/aromatic N) is 2. The SMILES string of the molecule is Cc1[nH]c(C)c(S(=O)(=O)Nc2ccc(F)c(F)c2)c1-c1nnc(C2CCC2)o1. The van der Waals surface area contributed by atoms with E-state index >= 15 is 0 Å². The van der Waals surface area contributed by atoms with E-state index in [9.17, 15) is 17.2 Å². The minimum Gasteiger partial charge on any atom is -0.420 e. The number of H-pyrrole nitrogens is 1. The Labute approximate surface area is 160 Å². The minimum absolute atomic E-state index is 0.0708. The van der Waals surface area contributed by atoms with Gasteiger partial charge in [-0.25, -0.2) is 17.2 Å². The van der Waals surface area contributed by atoms with E-state index in [2.05, 4.69) is 19.9 Å². The van der Waals surface area contributed by atoms with E-state index in [1.807, 2.05) is 0 Å². The van der Waals surface area contributed by atoms with Crippen LogP contribution in [0, 0.1) is 25.5 Å². The Balaban J connectivity index is 1.74. The molecule has 4 rings (SSSR count). The summed E-state index contributed by atoms with van der Waals surface area (Å²) in [5.74, 6) is -1.40. The maximum absolute atomic E-state index is 13.5. The van der Waals surface area contributed by atoms with E-state index in [0.717, 1.165) is 37.5 Å². The van der Waals surface area contributed by atoms with Crippen LogP contribution < -0.4 is 4.72 Å². The lowest BCUT2D eigenvalue weighted by Crippen LogP contribution is -2.14. The Kier molecular flexibility index (Phi) is 4.45. The van der Waals surface area contributed by atoms with E-state index in [1.165, 1.54) is 0 Å². The van der Waals surface area contributed by atoms with Crippen molar-refractivity contribution in [1.82, 2.24) is 15.2 Å². The first-order valence-electron chi connectivity index (χ1n) is 8.77. The Morgan fingerprint density at radius 2 is 1.89 bits per heavy atom. The van der Waals surface area contributed by atoms with Gasteiger partial charge in [-0.05, 0) is 38.8 Å². The molecule has 0 amide bonds. The van der Waals surface area contributed by atoms with E-state index in [-0.39, 0.29) is 28.0 Å². The maximum atomic E-state index is 13.5. The molecule has 1 aliphatic rings. The molecule has 0 bridgehead atoms. The number of rotatable bonds is 5. The number of nitrogens with one attached hydrogen (secondary N) is 2. The Hall–Kier alpha value is -2.75. The Morgan fingerprint density at radius 1 is 1.14 bits per heavy atom. The van der Waals surface area contributed by atoms with Crippen molar-refractivity contribution in [3.63, 3.8) is 0 Å². The number of aryl methyl sites for hydroxylation is 2. The third-order valence-corrected chi connectivity index (χ3v) is 6.42. The molecular formula is C18H18F2N4O3S. The second-order valence-electron chi connectivity index (χ2n) is 6.89. The average Bonchev–Trinajstić information content (AvgIpc) is 3.13. The van der Waals surface area contributed by atoms with Crippen LogP contribution in [0.15, 0.2) is 27.5 Å². The van der Waals surface area contributed by atoms with Crippen molar-refractivity contribution in [3.8, 4) is 11.5 Å². The summed E-state index contributed by atoms with van der Waals surface area (Å²) in [4.78, 5) is 2.90. The van der Waals surface area contributed by atoms with Crippen molar-refractivity contribution in [2.24, 2.45) is 0 Å². The fourth-order valence-corrected chi connectivity index (χ4v) is 4.78. The first-order chi connectivity index (χ1) is 13.3. The van der Waals surface area contributed by atoms with Crippen molar-refractivity contribution in [2.75, 3.05) is 4.72 Å². The van der Waals surface area contributed by atoms with E-state index in [4.69, 9.17) is 4.42 Å². The van der Waals surface area contributed by atoms with Gasteiger partial charge < -0.3 is 9.40 Å². The van der Waals surface area contributed by atoms with E-state index in [0.29, 0.717) is 17.3 Å². The molecule has 10 heteroatoms. The quantitative estimate of drug-likeness (QED) is 0.664. The van der Waals surface area contributed by atoms with Crippen LogP contribution in [0.5, 0.6) is 0 Å². The molecular weight excluding hydrogens is 390 g/mol. The number of halogens is 2. The molecule has 7 nitrogen and oxygen atoms in total. The van der Waals surface area contributed by atoms with Gasteiger partial charge in [-0.1, -0.05) is 6.42 Å². The highest BCUT2D eigenvalue weighted by Crippen LogP contribution is 2.39. The molecule has 0 unspecified atom stereocenters. The topological polar surface area (TPSA) is 101 Å². The number of benzene rings is 1. The molecule has 1 fully saturated rings. The third kappa shape index (κ3) is 3.17. The second kappa shape index (κ2) is 6.69. The number of sulfonamides is 1. The van der Waals surface area contributed by atoms with Crippen LogP contribution in [-0.4, -0.2) is 23.6 Å². The second-order valence-corrected chi connectivity index (χ2v) is 8.51. The fourth-order valence-electron chi connectivity index (χ4n) is 3.27. The summed E-state index contributed by atoms with van der Waals surface area (Å²) in [5.41, 5.74) is 1.09. The van der Waals surface area contributed by atoms with Crippen molar-refractivity contribution < 1.29 is 21.6 Å². The predicted octanol–water partition coefficient (Wildman–Crippen LogP) is 4.03. The molecule has 0 atom stereocenters. The molecule has 1 saturated carbocycles. The molecule has 0 radical (unpaired) electrons. The summed E-state index contributed by atoms with van der Waals surface area (Å²) in [6, 6.07) is 2.78. The van der Waals surface area contributed by atoms with Gasteiger partial charge in [-0.2, -0.15) is 0 Å². The lowest BCUT2D eigenvalue weighted by Gasteiger charge is -2.20. The van der Waals surface area contributed by atoms with Crippen LogP contribution in [0.3, 0.4) is 0 Å². The zero-order valence-electron chi connectivity index (χ0n) is 15.2. The van der Waals surface area contributed by atoms with Crippen molar-refractivity contribution in [3.05, 3.63) is 47.1 Å². The van der Waals surface area contributed by atoms with Crippen LogP contribution in [-0.2, 0) is 10.0 Å². The van der Waals surface area contributed by atoms with Crippen LogP contribution in [0.4, 0.5) is 14.5 Å². The van der Waals surface area contributed by atoms with Gasteiger partial charge >= 0.3 is 0 Å². The highest BCUT2D eigenvalue weighted by molar-refractivity contribution is 7.93.